The molecule has 0 saturated carbocycles. The Balaban J connectivity index is 2.44. The lowest BCUT2D eigenvalue weighted by molar-refractivity contribution is -0.131. The monoisotopic (exact) mass is 466 g/mol. The number of fused-ring (bicyclic) bond motifs is 2. The van der Waals surface area contributed by atoms with Crippen LogP contribution in [0.2, 0.25) is 0 Å². The Hall–Kier alpha value is -1.99. The molecule has 7 heteroatoms. The fraction of sp³-hybridized carbons (Fsp3) is 0.167. The molecule has 0 bridgehead atoms. The number of phenols is 1. The molecule has 0 saturated heterocycles. The van der Waals surface area contributed by atoms with Gasteiger partial charge >= 0.3 is 5.97 Å². The van der Waals surface area contributed by atoms with Crippen LogP contribution in [0.15, 0.2) is 24.3 Å². The van der Waals surface area contributed by atoms with Crippen LogP contribution < -0.4 is 4.74 Å². The number of carbonyl (C=O) groups is 3. The van der Waals surface area contributed by atoms with Gasteiger partial charge in [0.2, 0.25) is 0 Å². The van der Waals surface area contributed by atoms with E-state index in [-0.39, 0.29) is 44.4 Å². The third kappa shape index (κ3) is 2.71. The molecular formula is C18H12Br2O5. The van der Waals surface area contributed by atoms with Crippen molar-refractivity contribution >= 4 is 49.4 Å². The van der Waals surface area contributed by atoms with Gasteiger partial charge in [0.15, 0.2) is 11.6 Å². The maximum absolute atomic E-state index is 13.0. The molecule has 0 aliphatic heterocycles. The first-order valence-electron chi connectivity index (χ1n) is 7.31. The zero-order chi connectivity index (χ0) is 18.3. The van der Waals surface area contributed by atoms with E-state index in [1.54, 1.807) is 18.2 Å². The van der Waals surface area contributed by atoms with Gasteiger partial charge in [-0.1, -0.05) is 56.1 Å². The first kappa shape index (κ1) is 17.8. The number of halogens is 2. The zero-order valence-electron chi connectivity index (χ0n) is 13.1. The van der Waals surface area contributed by atoms with Crippen molar-refractivity contribution in [1.82, 2.24) is 0 Å². The standard InChI is InChI=1S/C18H12Br2O5/c1-8(21)25-18-12(7-20)11(6-19)17(24)13-14(18)16(23)10-5-3-2-4-9(10)15(13)22/h2-5,24H,6-7H2,1H3. The number of hydrogen-bond acceptors (Lipinski definition) is 5. The lowest BCUT2D eigenvalue weighted by atomic mass is 9.81. The van der Waals surface area contributed by atoms with Crippen LogP contribution in [0.4, 0.5) is 0 Å². The van der Waals surface area contributed by atoms with Gasteiger partial charge in [0, 0.05) is 39.8 Å². The minimum Gasteiger partial charge on any atom is -0.507 e. The summed E-state index contributed by atoms with van der Waals surface area (Å²) in [5.74, 6) is -1.81. The largest absolute Gasteiger partial charge is 0.507 e. The minimum absolute atomic E-state index is 0.0134. The normalized spacial score (nSPS) is 12.6. The van der Waals surface area contributed by atoms with Crippen LogP contribution in [-0.2, 0) is 15.5 Å². The van der Waals surface area contributed by atoms with E-state index in [0.717, 1.165) is 0 Å². The molecule has 2 aromatic rings. The van der Waals surface area contributed by atoms with Crippen molar-refractivity contribution < 1.29 is 24.2 Å². The summed E-state index contributed by atoms with van der Waals surface area (Å²) in [6.07, 6.45) is 0. The highest BCUT2D eigenvalue weighted by Gasteiger charge is 2.38. The second-order valence-electron chi connectivity index (χ2n) is 5.45. The minimum atomic E-state index is -0.616. The number of esters is 1. The van der Waals surface area contributed by atoms with Gasteiger partial charge in [-0.3, -0.25) is 14.4 Å². The number of rotatable bonds is 3. The molecule has 0 spiro atoms. The van der Waals surface area contributed by atoms with Gasteiger partial charge in [-0.25, -0.2) is 0 Å². The third-order valence-electron chi connectivity index (χ3n) is 4.02. The Morgan fingerprint density at radius 1 is 1.00 bits per heavy atom. The number of carbonyl (C=O) groups excluding carboxylic acids is 3. The van der Waals surface area contributed by atoms with E-state index in [0.29, 0.717) is 11.1 Å². The highest BCUT2D eigenvalue weighted by molar-refractivity contribution is 9.09. The first-order chi connectivity index (χ1) is 11.9. The molecule has 0 unspecified atom stereocenters. The molecule has 0 amide bonds. The summed E-state index contributed by atoms with van der Waals surface area (Å²) in [4.78, 5) is 37.5. The molecule has 1 aliphatic carbocycles. The van der Waals surface area contributed by atoms with Crippen molar-refractivity contribution in [1.29, 1.82) is 0 Å². The smallest absolute Gasteiger partial charge is 0.308 e. The van der Waals surface area contributed by atoms with Crippen molar-refractivity contribution in [2.45, 2.75) is 17.6 Å². The van der Waals surface area contributed by atoms with Gasteiger partial charge in [0.25, 0.3) is 0 Å². The third-order valence-corrected chi connectivity index (χ3v) is 5.14. The number of phenolic OH excluding ortho intramolecular Hbond substituents is 1. The van der Waals surface area contributed by atoms with Crippen LogP contribution >= 0.6 is 31.9 Å². The maximum atomic E-state index is 13.0. The zero-order valence-corrected chi connectivity index (χ0v) is 16.2. The fourth-order valence-corrected chi connectivity index (χ4v) is 4.14. The number of aromatic hydroxyl groups is 1. The Kier molecular flexibility index (Phi) is 4.79. The van der Waals surface area contributed by atoms with E-state index >= 15 is 0 Å². The van der Waals surface area contributed by atoms with Crippen LogP contribution in [-0.4, -0.2) is 22.6 Å². The Bertz CT molecular complexity index is 934. The van der Waals surface area contributed by atoms with Crippen LogP contribution in [0.5, 0.6) is 11.5 Å². The average Bonchev–Trinajstić information content (AvgIpc) is 2.59. The molecule has 0 fully saturated rings. The number of ether oxygens (including phenoxy) is 1. The highest BCUT2D eigenvalue weighted by Crippen LogP contribution is 2.45. The fourth-order valence-electron chi connectivity index (χ4n) is 2.94. The SMILES string of the molecule is CC(=O)Oc1c(CBr)c(CBr)c(O)c2c1C(=O)c1ccccc1C2=O. The Morgan fingerprint density at radius 3 is 2.00 bits per heavy atom. The quantitative estimate of drug-likeness (QED) is 0.359. The van der Waals surface area contributed by atoms with Crippen LogP contribution in [0.25, 0.3) is 0 Å². The Morgan fingerprint density at radius 2 is 1.52 bits per heavy atom. The molecule has 1 aliphatic rings. The summed E-state index contributed by atoms with van der Waals surface area (Å²) in [6.45, 7) is 1.22. The number of ketones is 2. The number of benzene rings is 2. The number of alkyl halides is 2. The molecule has 1 N–H and O–H groups in total. The summed E-state index contributed by atoms with van der Waals surface area (Å²) in [7, 11) is 0. The predicted octanol–water partition coefficient (Wildman–Crippen LogP) is 3.88. The molecule has 5 nitrogen and oxygen atoms in total. The van der Waals surface area contributed by atoms with Crippen LogP contribution in [0.1, 0.15) is 49.9 Å². The summed E-state index contributed by atoms with van der Waals surface area (Å²) < 4.78 is 5.29. The van der Waals surface area contributed by atoms with E-state index < -0.39 is 17.5 Å². The van der Waals surface area contributed by atoms with Gasteiger partial charge in [-0.2, -0.15) is 0 Å². The Labute approximate surface area is 160 Å². The van der Waals surface area contributed by atoms with Crippen LogP contribution in [0.3, 0.4) is 0 Å². The molecular weight excluding hydrogens is 456 g/mol. The molecule has 2 aromatic carbocycles. The van der Waals surface area contributed by atoms with E-state index in [4.69, 9.17) is 4.74 Å². The summed E-state index contributed by atoms with van der Waals surface area (Å²) in [6, 6.07) is 6.38. The van der Waals surface area contributed by atoms with E-state index in [1.807, 2.05) is 0 Å². The summed E-state index contributed by atoms with van der Waals surface area (Å²) in [5.41, 5.74) is 1.09. The summed E-state index contributed by atoms with van der Waals surface area (Å²) >= 11 is 6.58. The van der Waals surface area contributed by atoms with Gasteiger partial charge < -0.3 is 9.84 Å². The molecule has 0 atom stereocenters. The lowest BCUT2D eigenvalue weighted by Gasteiger charge is -2.24. The van der Waals surface area contributed by atoms with Crippen molar-refractivity contribution in [2.75, 3.05) is 0 Å². The average molecular weight is 468 g/mol. The molecule has 0 heterocycles. The molecule has 0 aromatic heterocycles. The van der Waals surface area contributed by atoms with Gasteiger partial charge in [0.1, 0.15) is 11.5 Å². The topological polar surface area (TPSA) is 80.7 Å². The van der Waals surface area contributed by atoms with Crippen molar-refractivity contribution in [3.63, 3.8) is 0 Å². The van der Waals surface area contributed by atoms with Gasteiger partial charge in [-0.15, -0.1) is 0 Å². The van der Waals surface area contributed by atoms with Gasteiger partial charge in [-0.05, 0) is 0 Å². The van der Waals surface area contributed by atoms with Crippen molar-refractivity contribution in [2.24, 2.45) is 0 Å². The predicted molar refractivity (Wildman–Crippen MR) is 98.0 cm³/mol. The van der Waals surface area contributed by atoms with E-state index in [1.165, 1.54) is 13.0 Å². The molecule has 3 rings (SSSR count). The van der Waals surface area contributed by atoms with Gasteiger partial charge in [0.05, 0.1) is 11.1 Å². The second kappa shape index (κ2) is 6.72. The molecule has 128 valence electrons. The molecule has 25 heavy (non-hydrogen) atoms. The van der Waals surface area contributed by atoms with Crippen molar-refractivity contribution in [3.05, 3.63) is 57.6 Å². The highest BCUT2D eigenvalue weighted by atomic mass is 79.9. The number of hydrogen-bond donors (Lipinski definition) is 1. The maximum Gasteiger partial charge on any atom is 0.308 e. The second-order valence-corrected chi connectivity index (χ2v) is 6.57. The lowest BCUT2D eigenvalue weighted by Crippen LogP contribution is -2.24. The van der Waals surface area contributed by atoms with E-state index in [9.17, 15) is 19.5 Å². The van der Waals surface area contributed by atoms with Crippen molar-refractivity contribution in [3.8, 4) is 11.5 Å². The molecule has 0 radical (unpaired) electrons. The first-order valence-corrected chi connectivity index (χ1v) is 9.56. The van der Waals surface area contributed by atoms with E-state index in [2.05, 4.69) is 31.9 Å². The summed E-state index contributed by atoms with van der Waals surface area (Å²) in [5, 5.41) is 11.1. The van der Waals surface area contributed by atoms with Crippen LogP contribution in [0, 0.1) is 0 Å².